The normalized spacial score (nSPS) is 12.4. The van der Waals surface area contributed by atoms with Crippen molar-refractivity contribution in [3.8, 4) is 11.5 Å². The first-order valence-corrected chi connectivity index (χ1v) is 7.48. The van der Waals surface area contributed by atoms with Crippen LogP contribution in [0.15, 0.2) is 53.7 Å². The Morgan fingerprint density at radius 2 is 1.67 bits per heavy atom. The molecule has 126 valence electrons. The van der Waals surface area contributed by atoms with Gasteiger partial charge in [0.2, 0.25) is 0 Å². The second kappa shape index (κ2) is 8.21. The lowest BCUT2D eigenvalue weighted by atomic mass is 10.2. The molecule has 0 aliphatic carbocycles. The highest BCUT2D eigenvalue weighted by molar-refractivity contribution is 6.30. The van der Waals surface area contributed by atoms with Crippen LogP contribution in [-0.2, 0) is 9.63 Å². The number of amidine groups is 1. The van der Waals surface area contributed by atoms with Gasteiger partial charge in [0.05, 0.1) is 7.11 Å². The lowest BCUT2D eigenvalue weighted by Gasteiger charge is -2.12. The first-order valence-electron chi connectivity index (χ1n) is 7.10. The van der Waals surface area contributed by atoms with E-state index in [0.29, 0.717) is 22.1 Å². The van der Waals surface area contributed by atoms with Crippen LogP contribution in [-0.4, -0.2) is 25.0 Å². The van der Waals surface area contributed by atoms with Gasteiger partial charge in [0, 0.05) is 10.6 Å². The Kier molecular flexibility index (Phi) is 6.03. The van der Waals surface area contributed by atoms with Crippen molar-refractivity contribution in [2.24, 2.45) is 10.9 Å². The minimum atomic E-state index is -0.847. The van der Waals surface area contributed by atoms with Crippen LogP contribution in [0.25, 0.3) is 0 Å². The second-order valence-electron chi connectivity index (χ2n) is 4.83. The maximum atomic E-state index is 11.9. The van der Waals surface area contributed by atoms with Crippen LogP contribution in [0, 0.1) is 0 Å². The van der Waals surface area contributed by atoms with Gasteiger partial charge >= 0.3 is 5.97 Å². The SMILES string of the molecule is COc1ccc(OC(C)C(=O)ON=C(N)c2ccc(Cl)cc2)cc1. The minimum absolute atomic E-state index is 0.0664. The summed E-state index contributed by atoms with van der Waals surface area (Å²) in [4.78, 5) is 16.7. The fourth-order valence-corrected chi connectivity index (χ4v) is 1.87. The third kappa shape index (κ3) is 4.89. The number of hydrogen-bond donors (Lipinski definition) is 1. The largest absolute Gasteiger partial charge is 0.497 e. The van der Waals surface area contributed by atoms with E-state index in [-0.39, 0.29) is 5.84 Å². The zero-order valence-corrected chi connectivity index (χ0v) is 14.0. The number of oxime groups is 1. The summed E-state index contributed by atoms with van der Waals surface area (Å²) in [5.74, 6) is 0.604. The van der Waals surface area contributed by atoms with E-state index in [1.807, 2.05) is 0 Å². The van der Waals surface area contributed by atoms with Crippen LogP contribution < -0.4 is 15.2 Å². The summed E-state index contributed by atoms with van der Waals surface area (Å²) in [5.41, 5.74) is 6.35. The molecule has 1 unspecified atom stereocenters. The smallest absolute Gasteiger partial charge is 0.374 e. The van der Waals surface area contributed by atoms with Gasteiger partial charge in [0.15, 0.2) is 11.9 Å². The van der Waals surface area contributed by atoms with Crippen LogP contribution >= 0.6 is 11.6 Å². The zero-order valence-electron chi connectivity index (χ0n) is 13.2. The molecule has 0 amide bonds. The predicted molar refractivity (Wildman–Crippen MR) is 91.4 cm³/mol. The van der Waals surface area contributed by atoms with Gasteiger partial charge in [-0.3, -0.25) is 0 Å². The van der Waals surface area contributed by atoms with Gasteiger partial charge in [0.25, 0.3) is 0 Å². The summed E-state index contributed by atoms with van der Waals surface area (Å²) in [6.45, 7) is 1.56. The second-order valence-corrected chi connectivity index (χ2v) is 5.27. The molecule has 6 nitrogen and oxygen atoms in total. The standard InChI is InChI=1S/C17H17ClN2O4/c1-11(23-15-9-7-14(22-2)8-10-15)17(21)24-20-16(19)12-3-5-13(18)6-4-12/h3-11H,1-2H3,(H2,19,20). The third-order valence-electron chi connectivity index (χ3n) is 3.08. The summed E-state index contributed by atoms with van der Waals surface area (Å²) in [6.07, 6.45) is -0.847. The first-order chi connectivity index (χ1) is 11.5. The molecule has 0 heterocycles. The number of halogens is 1. The molecule has 2 aromatic carbocycles. The van der Waals surface area contributed by atoms with Crippen LogP contribution in [0.1, 0.15) is 12.5 Å². The van der Waals surface area contributed by atoms with Gasteiger partial charge in [-0.1, -0.05) is 16.8 Å². The number of methoxy groups -OCH3 is 1. The third-order valence-corrected chi connectivity index (χ3v) is 3.33. The van der Waals surface area contributed by atoms with Gasteiger partial charge in [-0.05, 0) is 55.5 Å². The topological polar surface area (TPSA) is 83.1 Å². The van der Waals surface area contributed by atoms with Gasteiger partial charge in [0.1, 0.15) is 11.5 Å². The lowest BCUT2D eigenvalue weighted by Crippen LogP contribution is -2.26. The van der Waals surface area contributed by atoms with E-state index in [1.54, 1.807) is 62.6 Å². The molecule has 7 heteroatoms. The van der Waals surface area contributed by atoms with Crippen LogP contribution in [0.3, 0.4) is 0 Å². The van der Waals surface area contributed by atoms with E-state index in [4.69, 9.17) is 31.6 Å². The van der Waals surface area contributed by atoms with Crippen LogP contribution in [0.4, 0.5) is 0 Å². The van der Waals surface area contributed by atoms with Gasteiger partial charge < -0.3 is 20.0 Å². The molecular formula is C17H17ClN2O4. The number of carbonyl (C=O) groups is 1. The minimum Gasteiger partial charge on any atom is -0.497 e. The number of hydrogen-bond acceptors (Lipinski definition) is 5. The van der Waals surface area contributed by atoms with Gasteiger partial charge in [-0.15, -0.1) is 0 Å². The van der Waals surface area contributed by atoms with Crippen molar-refractivity contribution in [2.45, 2.75) is 13.0 Å². The van der Waals surface area contributed by atoms with E-state index in [9.17, 15) is 4.79 Å². The zero-order chi connectivity index (χ0) is 17.5. The van der Waals surface area contributed by atoms with Crippen molar-refractivity contribution in [3.05, 3.63) is 59.1 Å². The Morgan fingerprint density at radius 3 is 2.25 bits per heavy atom. The van der Waals surface area contributed by atoms with Gasteiger partial charge in [-0.2, -0.15) is 0 Å². The Labute approximate surface area is 144 Å². The van der Waals surface area contributed by atoms with E-state index >= 15 is 0 Å². The Balaban J connectivity index is 1.92. The van der Waals surface area contributed by atoms with Crippen molar-refractivity contribution < 1.29 is 19.1 Å². The number of carbonyl (C=O) groups excluding carboxylic acids is 1. The van der Waals surface area contributed by atoms with E-state index in [1.165, 1.54) is 0 Å². The van der Waals surface area contributed by atoms with Crippen molar-refractivity contribution >= 4 is 23.4 Å². The number of rotatable bonds is 6. The van der Waals surface area contributed by atoms with Crippen molar-refractivity contribution in [1.82, 2.24) is 0 Å². The molecule has 1 atom stereocenters. The highest BCUT2D eigenvalue weighted by atomic mass is 35.5. The Bertz CT molecular complexity index is 714. The molecule has 2 aromatic rings. The summed E-state index contributed by atoms with van der Waals surface area (Å²) in [7, 11) is 1.57. The number of benzene rings is 2. The fraction of sp³-hybridized carbons (Fsp3) is 0.176. The molecule has 2 N–H and O–H groups in total. The Morgan fingerprint density at radius 1 is 1.08 bits per heavy atom. The van der Waals surface area contributed by atoms with E-state index < -0.39 is 12.1 Å². The maximum Gasteiger partial charge on any atom is 0.374 e. The van der Waals surface area contributed by atoms with Crippen molar-refractivity contribution in [2.75, 3.05) is 7.11 Å². The monoisotopic (exact) mass is 348 g/mol. The predicted octanol–water partition coefficient (Wildman–Crippen LogP) is 2.98. The maximum absolute atomic E-state index is 11.9. The number of nitrogens with zero attached hydrogens (tertiary/aromatic N) is 1. The highest BCUT2D eigenvalue weighted by Crippen LogP contribution is 2.18. The van der Waals surface area contributed by atoms with Crippen LogP contribution in [0.5, 0.6) is 11.5 Å². The molecule has 0 bridgehead atoms. The molecule has 2 rings (SSSR count). The molecule has 0 saturated carbocycles. The average Bonchev–Trinajstić information content (AvgIpc) is 2.60. The Hall–Kier alpha value is -2.73. The molecule has 24 heavy (non-hydrogen) atoms. The van der Waals surface area contributed by atoms with Crippen molar-refractivity contribution in [3.63, 3.8) is 0 Å². The number of nitrogens with two attached hydrogens (primary N) is 1. The molecule has 0 aliphatic rings. The van der Waals surface area contributed by atoms with Crippen LogP contribution in [0.2, 0.25) is 5.02 Å². The summed E-state index contributed by atoms with van der Waals surface area (Å²) < 4.78 is 10.5. The number of ether oxygens (including phenoxy) is 2. The molecule has 0 fully saturated rings. The molecule has 0 aliphatic heterocycles. The van der Waals surface area contributed by atoms with E-state index in [2.05, 4.69) is 5.16 Å². The summed E-state index contributed by atoms with van der Waals surface area (Å²) in [6, 6.07) is 13.5. The molecule has 0 aromatic heterocycles. The molecule has 0 saturated heterocycles. The van der Waals surface area contributed by atoms with Crippen molar-refractivity contribution in [1.29, 1.82) is 0 Å². The quantitative estimate of drug-likeness (QED) is 0.375. The fourth-order valence-electron chi connectivity index (χ4n) is 1.75. The highest BCUT2D eigenvalue weighted by Gasteiger charge is 2.17. The summed E-state index contributed by atoms with van der Waals surface area (Å²) in [5, 5.41) is 4.19. The molecule has 0 radical (unpaired) electrons. The molecule has 0 spiro atoms. The lowest BCUT2D eigenvalue weighted by molar-refractivity contribution is -0.151. The summed E-state index contributed by atoms with van der Waals surface area (Å²) >= 11 is 5.79. The average molecular weight is 349 g/mol. The van der Waals surface area contributed by atoms with Gasteiger partial charge in [-0.25, -0.2) is 4.79 Å². The first kappa shape index (κ1) is 17.6. The van der Waals surface area contributed by atoms with E-state index in [0.717, 1.165) is 0 Å². The molecular weight excluding hydrogens is 332 g/mol.